The molecule has 0 aliphatic carbocycles. The average molecular weight is 207 g/mol. The molecule has 0 amide bonds. The van der Waals surface area contributed by atoms with Gasteiger partial charge in [-0.3, -0.25) is 0 Å². The monoisotopic (exact) mass is 207 g/mol. The topological polar surface area (TPSA) is 37.8 Å². The van der Waals surface area contributed by atoms with Crippen LogP contribution in [-0.4, -0.2) is 16.5 Å². The molecule has 0 aliphatic rings. The molecule has 0 radical (unpaired) electrons. The van der Waals surface area contributed by atoms with Gasteiger partial charge in [0.25, 0.3) is 0 Å². The number of anilines is 1. The standard InChI is InChI=1S/C12H21N3/c1-5-10-7-11(15-9-14-10)13-8-12(3,4)6-2/h7,9H,5-6,8H2,1-4H3,(H,13,14,15). The highest BCUT2D eigenvalue weighted by molar-refractivity contribution is 5.34. The Balaban J connectivity index is 2.57. The first-order valence-electron chi connectivity index (χ1n) is 5.62. The molecule has 3 heteroatoms. The predicted molar refractivity (Wildman–Crippen MR) is 64.0 cm³/mol. The second kappa shape index (κ2) is 5.10. The van der Waals surface area contributed by atoms with Crippen molar-refractivity contribution in [3.63, 3.8) is 0 Å². The fourth-order valence-electron chi connectivity index (χ4n) is 1.14. The first-order valence-corrected chi connectivity index (χ1v) is 5.62. The molecule has 0 aliphatic heterocycles. The van der Waals surface area contributed by atoms with Crippen molar-refractivity contribution in [3.8, 4) is 0 Å². The molecule has 1 N–H and O–H groups in total. The van der Waals surface area contributed by atoms with Gasteiger partial charge in [0.2, 0.25) is 0 Å². The van der Waals surface area contributed by atoms with Gasteiger partial charge in [0.15, 0.2) is 0 Å². The van der Waals surface area contributed by atoms with Crippen LogP contribution in [0.25, 0.3) is 0 Å². The van der Waals surface area contributed by atoms with Crippen LogP contribution in [0.1, 0.15) is 39.8 Å². The van der Waals surface area contributed by atoms with Crippen molar-refractivity contribution in [3.05, 3.63) is 18.1 Å². The summed E-state index contributed by atoms with van der Waals surface area (Å²) < 4.78 is 0. The Morgan fingerprint density at radius 2 is 2.00 bits per heavy atom. The summed E-state index contributed by atoms with van der Waals surface area (Å²) in [5.74, 6) is 0.934. The summed E-state index contributed by atoms with van der Waals surface area (Å²) in [6, 6.07) is 2.02. The molecule has 0 saturated carbocycles. The number of nitrogens with one attached hydrogen (secondary N) is 1. The van der Waals surface area contributed by atoms with Crippen LogP contribution in [0, 0.1) is 5.41 Å². The van der Waals surface area contributed by atoms with Crippen molar-refractivity contribution < 1.29 is 0 Å². The van der Waals surface area contributed by atoms with E-state index in [-0.39, 0.29) is 0 Å². The number of rotatable bonds is 5. The summed E-state index contributed by atoms with van der Waals surface area (Å²) in [6.45, 7) is 9.76. The first kappa shape index (κ1) is 12.0. The highest BCUT2D eigenvalue weighted by Gasteiger charge is 2.14. The van der Waals surface area contributed by atoms with Gasteiger partial charge in [0, 0.05) is 18.3 Å². The van der Waals surface area contributed by atoms with Gasteiger partial charge in [-0.15, -0.1) is 0 Å². The van der Waals surface area contributed by atoms with E-state index in [4.69, 9.17) is 0 Å². The molecule has 0 saturated heterocycles. The second-order valence-corrected chi connectivity index (χ2v) is 4.62. The van der Waals surface area contributed by atoms with Crippen molar-refractivity contribution in [2.75, 3.05) is 11.9 Å². The molecule has 0 atom stereocenters. The summed E-state index contributed by atoms with van der Waals surface area (Å²) in [6.07, 6.45) is 3.74. The number of aryl methyl sites for hydroxylation is 1. The van der Waals surface area contributed by atoms with Gasteiger partial charge < -0.3 is 5.32 Å². The van der Waals surface area contributed by atoms with Crippen molar-refractivity contribution in [2.24, 2.45) is 5.41 Å². The molecule has 15 heavy (non-hydrogen) atoms. The summed E-state index contributed by atoms with van der Waals surface area (Å²) >= 11 is 0. The normalized spacial score (nSPS) is 11.5. The van der Waals surface area contributed by atoms with Crippen molar-refractivity contribution in [1.82, 2.24) is 9.97 Å². The van der Waals surface area contributed by atoms with E-state index in [9.17, 15) is 0 Å². The third kappa shape index (κ3) is 3.86. The van der Waals surface area contributed by atoms with Crippen LogP contribution in [0.2, 0.25) is 0 Å². The lowest BCUT2D eigenvalue weighted by molar-refractivity contribution is 0.376. The minimum atomic E-state index is 0.317. The summed E-state index contributed by atoms with van der Waals surface area (Å²) in [5.41, 5.74) is 1.40. The van der Waals surface area contributed by atoms with Gasteiger partial charge in [-0.2, -0.15) is 0 Å². The van der Waals surface area contributed by atoms with Crippen molar-refractivity contribution >= 4 is 5.82 Å². The van der Waals surface area contributed by atoms with E-state index >= 15 is 0 Å². The first-order chi connectivity index (χ1) is 7.07. The Labute approximate surface area is 92.3 Å². The zero-order valence-electron chi connectivity index (χ0n) is 10.2. The van der Waals surface area contributed by atoms with Crippen LogP contribution < -0.4 is 5.32 Å². The molecular formula is C12H21N3. The Morgan fingerprint density at radius 1 is 1.27 bits per heavy atom. The van der Waals surface area contributed by atoms with E-state index in [1.165, 1.54) is 0 Å². The SMILES string of the molecule is CCc1cc(NCC(C)(C)CC)ncn1. The maximum absolute atomic E-state index is 4.20. The van der Waals surface area contributed by atoms with Gasteiger partial charge in [-0.05, 0) is 18.3 Å². The van der Waals surface area contributed by atoms with E-state index in [1.54, 1.807) is 6.33 Å². The van der Waals surface area contributed by atoms with Gasteiger partial charge in [-0.25, -0.2) is 9.97 Å². The quantitative estimate of drug-likeness (QED) is 0.806. The molecule has 0 spiro atoms. The third-order valence-electron chi connectivity index (χ3n) is 2.79. The van der Waals surface area contributed by atoms with E-state index < -0.39 is 0 Å². The molecule has 0 fully saturated rings. The van der Waals surface area contributed by atoms with Crippen LogP contribution in [-0.2, 0) is 6.42 Å². The molecule has 1 rings (SSSR count). The summed E-state index contributed by atoms with van der Waals surface area (Å²) in [4.78, 5) is 8.37. The molecular weight excluding hydrogens is 186 g/mol. The van der Waals surface area contributed by atoms with E-state index in [0.717, 1.165) is 30.9 Å². The lowest BCUT2D eigenvalue weighted by atomic mass is 9.90. The Kier molecular flexibility index (Phi) is 4.06. The van der Waals surface area contributed by atoms with Crippen LogP contribution >= 0.6 is 0 Å². The zero-order valence-corrected chi connectivity index (χ0v) is 10.2. The van der Waals surface area contributed by atoms with Crippen molar-refractivity contribution in [2.45, 2.75) is 40.5 Å². The molecule has 0 aromatic carbocycles. The van der Waals surface area contributed by atoms with Crippen LogP contribution in [0.15, 0.2) is 12.4 Å². The smallest absolute Gasteiger partial charge is 0.129 e. The highest BCUT2D eigenvalue weighted by atomic mass is 15.0. The largest absolute Gasteiger partial charge is 0.369 e. The van der Waals surface area contributed by atoms with Gasteiger partial charge >= 0.3 is 0 Å². The molecule has 1 heterocycles. The maximum Gasteiger partial charge on any atom is 0.129 e. The van der Waals surface area contributed by atoms with Crippen LogP contribution in [0.4, 0.5) is 5.82 Å². The zero-order chi connectivity index (χ0) is 11.3. The minimum absolute atomic E-state index is 0.317. The molecule has 3 nitrogen and oxygen atoms in total. The lowest BCUT2D eigenvalue weighted by Crippen LogP contribution is -2.22. The maximum atomic E-state index is 4.20. The summed E-state index contributed by atoms with van der Waals surface area (Å²) in [5, 5.41) is 3.36. The van der Waals surface area contributed by atoms with Gasteiger partial charge in [0.1, 0.15) is 12.1 Å². The number of aromatic nitrogens is 2. The fraction of sp³-hybridized carbons (Fsp3) is 0.667. The molecule has 84 valence electrons. The van der Waals surface area contributed by atoms with Gasteiger partial charge in [0.05, 0.1) is 0 Å². The summed E-state index contributed by atoms with van der Waals surface area (Å²) in [7, 11) is 0. The van der Waals surface area contributed by atoms with E-state index in [2.05, 4.69) is 43.0 Å². The predicted octanol–water partition coefficient (Wildman–Crippen LogP) is 2.89. The second-order valence-electron chi connectivity index (χ2n) is 4.62. The van der Waals surface area contributed by atoms with Crippen molar-refractivity contribution in [1.29, 1.82) is 0 Å². The van der Waals surface area contributed by atoms with Crippen LogP contribution in [0.3, 0.4) is 0 Å². The van der Waals surface area contributed by atoms with E-state index in [0.29, 0.717) is 5.41 Å². The highest BCUT2D eigenvalue weighted by Crippen LogP contribution is 2.19. The number of hydrogen-bond donors (Lipinski definition) is 1. The molecule has 0 unspecified atom stereocenters. The minimum Gasteiger partial charge on any atom is -0.369 e. The third-order valence-corrected chi connectivity index (χ3v) is 2.79. The lowest BCUT2D eigenvalue weighted by Gasteiger charge is -2.23. The van der Waals surface area contributed by atoms with E-state index in [1.807, 2.05) is 6.07 Å². The number of hydrogen-bond acceptors (Lipinski definition) is 3. The fourth-order valence-corrected chi connectivity index (χ4v) is 1.14. The average Bonchev–Trinajstić information content (AvgIpc) is 2.27. The Hall–Kier alpha value is -1.12. The van der Waals surface area contributed by atoms with Crippen LogP contribution in [0.5, 0.6) is 0 Å². The molecule has 1 aromatic heterocycles. The Bertz CT molecular complexity index is 307. The number of nitrogens with zero attached hydrogens (tertiary/aromatic N) is 2. The van der Waals surface area contributed by atoms with Gasteiger partial charge in [-0.1, -0.05) is 27.7 Å². The molecule has 0 bridgehead atoms. The molecule has 1 aromatic rings. The Morgan fingerprint density at radius 3 is 2.60 bits per heavy atom.